The molecule has 0 unspecified atom stereocenters. The topological polar surface area (TPSA) is 37.3 Å². The van der Waals surface area contributed by atoms with Crippen molar-refractivity contribution in [3.8, 4) is 0 Å². The lowest BCUT2D eigenvalue weighted by Gasteiger charge is -2.14. The summed E-state index contributed by atoms with van der Waals surface area (Å²) in [6.07, 6.45) is 3.76. The Morgan fingerprint density at radius 1 is 1.33 bits per heavy atom. The molecule has 0 saturated heterocycles. The number of rotatable bonds is 6. The maximum absolute atomic E-state index is 10.3. The maximum atomic E-state index is 10.3. The van der Waals surface area contributed by atoms with Crippen LogP contribution >= 0.6 is 0 Å². The van der Waals surface area contributed by atoms with E-state index in [2.05, 4.69) is 13.8 Å². The van der Waals surface area contributed by atoms with Crippen LogP contribution in [0.5, 0.6) is 0 Å². The van der Waals surface area contributed by atoms with Gasteiger partial charge in [0.25, 0.3) is 0 Å². The molecule has 0 amide bonds. The van der Waals surface area contributed by atoms with Gasteiger partial charge in [0.15, 0.2) is 0 Å². The van der Waals surface area contributed by atoms with Gasteiger partial charge >= 0.3 is 5.97 Å². The summed E-state index contributed by atoms with van der Waals surface area (Å²) in [6, 6.07) is 0. The van der Waals surface area contributed by atoms with Gasteiger partial charge in [0, 0.05) is 6.42 Å². The molecule has 0 spiro atoms. The van der Waals surface area contributed by atoms with Crippen molar-refractivity contribution in [3.63, 3.8) is 0 Å². The molecule has 0 aliphatic carbocycles. The first kappa shape index (κ1) is 11.5. The normalized spacial score (nSPS) is 15.6. The van der Waals surface area contributed by atoms with E-state index in [1.807, 2.05) is 6.92 Å². The van der Waals surface area contributed by atoms with Crippen LogP contribution in [0.1, 0.15) is 46.5 Å². The summed E-state index contributed by atoms with van der Waals surface area (Å²) in [7, 11) is 0. The molecule has 2 heteroatoms. The number of carboxylic acid groups (broad SMARTS) is 1. The lowest BCUT2D eigenvalue weighted by Crippen LogP contribution is -2.08. The fourth-order valence-corrected chi connectivity index (χ4v) is 1.68. The first-order valence-electron chi connectivity index (χ1n) is 4.78. The Kier molecular flexibility index (Phi) is 5.77. The van der Waals surface area contributed by atoms with Crippen molar-refractivity contribution in [2.24, 2.45) is 11.8 Å². The minimum Gasteiger partial charge on any atom is -0.481 e. The van der Waals surface area contributed by atoms with Crippen molar-refractivity contribution in [3.05, 3.63) is 0 Å². The van der Waals surface area contributed by atoms with Crippen LogP contribution in [0.4, 0.5) is 0 Å². The zero-order chi connectivity index (χ0) is 9.56. The van der Waals surface area contributed by atoms with E-state index in [-0.39, 0.29) is 0 Å². The lowest BCUT2D eigenvalue weighted by molar-refractivity contribution is -0.138. The van der Waals surface area contributed by atoms with Gasteiger partial charge < -0.3 is 5.11 Å². The summed E-state index contributed by atoms with van der Waals surface area (Å²) in [5.74, 6) is 0.319. The monoisotopic (exact) mass is 172 g/mol. The van der Waals surface area contributed by atoms with Gasteiger partial charge in [0.2, 0.25) is 0 Å². The van der Waals surface area contributed by atoms with E-state index in [1.165, 1.54) is 12.8 Å². The first-order valence-corrected chi connectivity index (χ1v) is 4.78. The number of hydrogen-bond donors (Lipinski definition) is 1. The van der Waals surface area contributed by atoms with E-state index in [1.54, 1.807) is 0 Å². The summed E-state index contributed by atoms with van der Waals surface area (Å²) in [4.78, 5) is 10.3. The van der Waals surface area contributed by atoms with E-state index >= 15 is 0 Å². The largest absolute Gasteiger partial charge is 0.481 e. The summed E-state index contributed by atoms with van der Waals surface area (Å²) in [5, 5.41) is 8.53. The van der Waals surface area contributed by atoms with Gasteiger partial charge in [-0.3, -0.25) is 4.79 Å². The summed E-state index contributed by atoms with van der Waals surface area (Å²) >= 11 is 0. The Hall–Kier alpha value is -0.530. The van der Waals surface area contributed by atoms with Gasteiger partial charge in [-0.2, -0.15) is 0 Å². The van der Waals surface area contributed by atoms with Crippen molar-refractivity contribution >= 4 is 5.97 Å². The van der Waals surface area contributed by atoms with Crippen molar-refractivity contribution in [2.45, 2.75) is 46.5 Å². The molecule has 1 N–H and O–H groups in total. The van der Waals surface area contributed by atoms with Gasteiger partial charge in [-0.1, -0.05) is 33.6 Å². The van der Waals surface area contributed by atoms with Gasteiger partial charge in [-0.05, 0) is 18.3 Å². The summed E-state index contributed by atoms with van der Waals surface area (Å²) < 4.78 is 0. The molecule has 0 radical (unpaired) electrons. The Morgan fingerprint density at radius 3 is 2.33 bits per heavy atom. The number of hydrogen-bond acceptors (Lipinski definition) is 1. The lowest BCUT2D eigenvalue weighted by atomic mass is 9.92. The Balaban J connectivity index is 3.53. The second kappa shape index (κ2) is 6.04. The van der Waals surface area contributed by atoms with Crippen molar-refractivity contribution < 1.29 is 9.90 Å². The van der Waals surface area contributed by atoms with Crippen LogP contribution in [0.3, 0.4) is 0 Å². The minimum absolute atomic E-state index is 0.314. The smallest absolute Gasteiger partial charge is 0.303 e. The number of carboxylic acids is 1. The molecule has 12 heavy (non-hydrogen) atoms. The van der Waals surface area contributed by atoms with Crippen LogP contribution < -0.4 is 0 Å². The van der Waals surface area contributed by atoms with Crippen molar-refractivity contribution in [1.29, 1.82) is 0 Å². The highest BCUT2D eigenvalue weighted by Crippen LogP contribution is 2.18. The standard InChI is InChI=1S/C10H20O2/c1-4-5-8(2)6-9(3)7-10(11)12/h8-9H,4-7H2,1-3H3,(H,11,12)/t8-,9-/m1/s1. The second-order valence-corrected chi connectivity index (χ2v) is 3.83. The fraction of sp³-hybridized carbons (Fsp3) is 0.900. The van der Waals surface area contributed by atoms with Crippen LogP contribution in [0.25, 0.3) is 0 Å². The molecule has 0 fully saturated rings. The molecule has 0 aliphatic heterocycles. The van der Waals surface area contributed by atoms with Crippen molar-refractivity contribution in [1.82, 2.24) is 0 Å². The van der Waals surface area contributed by atoms with E-state index in [4.69, 9.17) is 5.11 Å². The van der Waals surface area contributed by atoms with Gasteiger partial charge in [0.1, 0.15) is 0 Å². The third-order valence-corrected chi connectivity index (χ3v) is 2.11. The molecule has 0 saturated carbocycles. The molecule has 0 bridgehead atoms. The third kappa shape index (κ3) is 6.20. The average molecular weight is 172 g/mol. The molecular weight excluding hydrogens is 152 g/mol. The maximum Gasteiger partial charge on any atom is 0.303 e. The fourth-order valence-electron chi connectivity index (χ4n) is 1.68. The first-order chi connectivity index (χ1) is 5.56. The molecule has 0 aromatic heterocycles. The molecular formula is C10H20O2. The zero-order valence-electron chi connectivity index (χ0n) is 8.34. The van der Waals surface area contributed by atoms with Gasteiger partial charge in [-0.15, -0.1) is 0 Å². The highest BCUT2D eigenvalue weighted by molar-refractivity contribution is 5.66. The predicted octanol–water partition coefficient (Wildman–Crippen LogP) is 2.92. The van der Waals surface area contributed by atoms with E-state index < -0.39 is 5.97 Å². The number of carbonyl (C=O) groups is 1. The highest BCUT2D eigenvalue weighted by Gasteiger charge is 2.10. The summed E-state index contributed by atoms with van der Waals surface area (Å²) in [6.45, 7) is 6.38. The van der Waals surface area contributed by atoms with Crippen molar-refractivity contribution in [2.75, 3.05) is 0 Å². The third-order valence-electron chi connectivity index (χ3n) is 2.11. The molecule has 72 valence electrons. The zero-order valence-corrected chi connectivity index (χ0v) is 8.34. The predicted molar refractivity (Wildman–Crippen MR) is 50.1 cm³/mol. The number of aliphatic carboxylic acids is 1. The Morgan fingerprint density at radius 2 is 1.92 bits per heavy atom. The van der Waals surface area contributed by atoms with Gasteiger partial charge in [-0.25, -0.2) is 0 Å². The Bertz CT molecular complexity index is 132. The Labute approximate surface area is 75.0 Å². The van der Waals surface area contributed by atoms with E-state index in [0.717, 1.165) is 6.42 Å². The SMILES string of the molecule is CCC[C@@H](C)C[C@@H](C)CC(=O)O. The minimum atomic E-state index is -0.675. The van der Waals surface area contributed by atoms with Crippen LogP contribution in [0.15, 0.2) is 0 Å². The molecule has 0 aromatic carbocycles. The van der Waals surface area contributed by atoms with Crippen LogP contribution in [0, 0.1) is 11.8 Å². The molecule has 0 aliphatic rings. The van der Waals surface area contributed by atoms with Crippen LogP contribution in [-0.2, 0) is 4.79 Å². The van der Waals surface area contributed by atoms with E-state index in [0.29, 0.717) is 18.3 Å². The second-order valence-electron chi connectivity index (χ2n) is 3.83. The van der Waals surface area contributed by atoms with Crippen LogP contribution in [-0.4, -0.2) is 11.1 Å². The molecule has 2 nitrogen and oxygen atoms in total. The highest BCUT2D eigenvalue weighted by atomic mass is 16.4. The quantitative estimate of drug-likeness (QED) is 0.668. The molecule has 0 aromatic rings. The van der Waals surface area contributed by atoms with Crippen LogP contribution in [0.2, 0.25) is 0 Å². The molecule has 0 heterocycles. The van der Waals surface area contributed by atoms with Gasteiger partial charge in [0.05, 0.1) is 0 Å². The van der Waals surface area contributed by atoms with E-state index in [9.17, 15) is 4.79 Å². The molecule has 2 atom stereocenters. The molecule has 0 rings (SSSR count). The summed E-state index contributed by atoms with van der Waals surface area (Å²) in [5.41, 5.74) is 0. The average Bonchev–Trinajstić information content (AvgIpc) is 1.84.